The molecule has 0 aliphatic rings. The van der Waals surface area contributed by atoms with Crippen LogP contribution in [-0.4, -0.2) is 14.5 Å². The second-order valence-electron chi connectivity index (χ2n) is 5.29. The lowest BCUT2D eigenvalue weighted by Crippen LogP contribution is -2.03. The van der Waals surface area contributed by atoms with E-state index in [0.29, 0.717) is 4.77 Å². The summed E-state index contributed by atoms with van der Waals surface area (Å²) in [6, 6.07) is 6.93. The molecule has 0 unspecified atom stereocenters. The Balaban J connectivity index is 1.91. The molecular formula is C16H16FN3S. The zero-order valence-corrected chi connectivity index (χ0v) is 12.8. The van der Waals surface area contributed by atoms with E-state index in [1.807, 2.05) is 36.7 Å². The van der Waals surface area contributed by atoms with Crippen molar-refractivity contribution in [2.75, 3.05) is 0 Å². The van der Waals surface area contributed by atoms with Crippen molar-refractivity contribution in [2.45, 2.75) is 26.8 Å². The fourth-order valence-corrected chi connectivity index (χ4v) is 2.82. The minimum Gasteiger partial charge on any atom is -0.329 e. The summed E-state index contributed by atoms with van der Waals surface area (Å²) in [5.41, 5.74) is 5.01. The molecule has 5 heteroatoms. The van der Waals surface area contributed by atoms with Gasteiger partial charge < -0.3 is 9.55 Å². The number of nitrogens with one attached hydrogen (secondary N) is 1. The van der Waals surface area contributed by atoms with Crippen LogP contribution in [-0.2, 0) is 13.0 Å². The van der Waals surface area contributed by atoms with Gasteiger partial charge in [-0.25, -0.2) is 9.37 Å². The van der Waals surface area contributed by atoms with E-state index in [1.54, 1.807) is 6.07 Å². The highest BCUT2D eigenvalue weighted by Crippen LogP contribution is 2.16. The smallest absolute Gasteiger partial charge is 0.179 e. The predicted octanol–water partition coefficient (Wildman–Crippen LogP) is 4.09. The first-order valence-corrected chi connectivity index (χ1v) is 7.25. The van der Waals surface area contributed by atoms with Crippen LogP contribution in [0.15, 0.2) is 30.5 Å². The predicted molar refractivity (Wildman–Crippen MR) is 84.5 cm³/mol. The van der Waals surface area contributed by atoms with Gasteiger partial charge in [0.1, 0.15) is 5.82 Å². The summed E-state index contributed by atoms with van der Waals surface area (Å²) in [5, 5.41) is 0. The van der Waals surface area contributed by atoms with E-state index >= 15 is 0 Å². The number of pyridine rings is 1. The van der Waals surface area contributed by atoms with Gasteiger partial charge in [-0.05, 0) is 67.4 Å². The number of H-pyrrole nitrogens is 1. The topological polar surface area (TPSA) is 33.6 Å². The molecule has 3 nitrogen and oxygen atoms in total. The number of hydrogen-bond acceptors (Lipinski definition) is 2. The van der Waals surface area contributed by atoms with Gasteiger partial charge in [0.05, 0.1) is 5.52 Å². The first-order valence-electron chi connectivity index (χ1n) is 6.85. The van der Waals surface area contributed by atoms with Gasteiger partial charge in [0.25, 0.3) is 0 Å². The normalized spacial score (nSPS) is 11.2. The molecular weight excluding hydrogens is 285 g/mol. The Bertz CT molecular complexity index is 864. The molecule has 1 N–H and O–H groups in total. The molecule has 0 bridgehead atoms. The van der Waals surface area contributed by atoms with Crippen LogP contribution in [0.2, 0.25) is 0 Å². The highest BCUT2D eigenvalue weighted by molar-refractivity contribution is 7.71. The van der Waals surface area contributed by atoms with Crippen LogP contribution in [0.3, 0.4) is 0 Å². The molecule has 0 radical (unpaired) electrons. The summed E-state index contributed by atoms with van der Waals surface area (Å²) in [6.07, 6.45) is 2.63. The molecule has 2 aromatic heterocycles. The number of aromatic amines is 1. The second kappa shape index (κ2) is 5.41. The minimum atomic E-state index is -0.197. The SMILES string of the molecule is Cc1cnc2c(c1)[nH]c(=S)n2CCc1ccc(F)cc1C. The van der Waals surface area contributed by atoms with E-state index in [-0.39, 0.29) is 5.82 Å². The van der Waals surface area contributed by atoms with Crippen LogP contribution in [0.25, 0.3) is 11.2 Å². The third-order valence-electron chi connectivity index (χ3n) is 3.66. The summed E-state index contributed by atoms with van der Waals surface area (Å²) in [6.45, 7) is 4.65. The third-order valence-corrected chi connectivity index (χ3v) is 3.98. The first-order chi connectivity index (χ1) is 10.0. The molecule has 3 rings (SSSR count). The van der Waals surface area contributed by atoms with E-state index in [0.717, 1.165) is 40.8 Å². The van der Waals surface area contributed by atoms with Crippen molar-refractivity contribution in [3.63, 3.8) is 0 Å². The van der Waals surface area contributed by atoms with Crippen molar-refractivity contribution in [2.24, 2.45) is 0 Å². The fourth-order valence-electron chi connectivity index (χ4n) is 2.53. The Morgan fingerprint density at radius 1 is 1.29 bits per heavy atom. The van der Waals surface area contributed by atoms with Crippen molar-refractivity contribution in [3.05, 3.63) is 57.7 Å². The van der Waals surface area contributed by atoms with Gasteiger partial charge in [-0.2, -0.15) is 0 Å². The molecule has 0 aliphatic carbocycles. The summed E-state index contributed by atoms with van der Waals surface area (Å²) < 4.78 is 15.8. The summed E-state index contributed by atoms with van der Waals surface area (Å²) in [7, 11) is 0. The largest absolute Gasteiger partial charge is 0.329 e. The van der Waals surface area contributed by atoms with Crippen molar-refractivity contribution >= 4 is 23.4 Å². The van der Waals surface area contributed by atoms with E-state index in [2.05, 4.69) is 9.97 Å². The molecule has 108 valence electrons. The van der Waals surface area contributed by atoms with Gasteiger partial charge in [-0.15, -0.1) is 0 Å². The van der Waals surface area contributed by atoms with Gasteiger partial charge in [0.15, 0.2) is 10.4 Å². The van der Waals surface area contributed by atoms with Crippen molar-refractivity contribution in [1.29, 1.82) is 0 Å². The maximum atomic E-state index is 13.1. The van der Waals surface area contributed by atoms with Gasteiger partial charge in [0, 0.05) is 12.7 Å². The number of benzene rings is 1. The van der Waals surface area contributed by atoms with Crippen molar-refractivity contribution in [1.82, 2.24) is 14.5 Å². The summed E-state index contributed by atoms with van der Waals surface area (Å²) in [4.78, 5) is 7.64. The van der Waals surface area contributed by atoms with Crippen LogP contribution >= 0.6 is 12.2 Å². The lowest BCUT2D eigenvalue weighted by atomic mass is 10.1. The standard InChI is InChI=1S/C16H16FN3S/c1-10-7-14-15(18-9-10)20(16(21)19-14)6-5-12-3-4-13(17)8-11(12)2/h3-4,7-9H,5-6H2,1-2H3,(H,19,21). The maximum Gasteiger partial charge on any atom is 0.179 e. The molecule has 1 aromatic carbocycles. The van der Waals surface area contributed by atoms with Gasteiger partial charge in [-0.1, -0.05) is 6.07 Å². The molecule has 21 heavy (non-hydrogen) atoms. The Kier molecular flexibility index (Phi) is 3.59. The number of hydrogen-bond donors (Lipinski definition) is 1. The Morgan fingerprint density at radius 3 is 2.86 bits per heavy atom. The van der Waals surface area contributed by atoms with Crippen LogP contribution in [0.4, 0.5) is 4.39 Å². The lowest BCUT2D eigenvalue weighted by molar-refractivity contribution is 0.624. The van der Waals surface area contributed by atoms with Crippen molar-refractivity contribution in [3.8, 4) is 0 Å². The Hall–Kier alpha value is -2.01. The Morgan fingerprint density at radius 2 is 2.10 bits per heavy atom. The zero-order valence-electron chi connectivity index (χ0n) is 12.0. The molecule has 0 aliphatic heterocycles. The quantitative estimate of drug-likeness (QED) is 0.739. The molecule has 0 saturated carbocycles. The average molecular weight is 301 g/mol. The van der Waals surface area contributed by atoms with Crippen LogP contribution in [0, 0.1) is 24.4 Å². The van der Waals surface area contributed by atoms with Crippen LogP contribution < -0.4 is 0 Å². The number of halogens is 1. The van der Waals surface area contributed by atoms with Gasteiger partial charge >= 0.3 is 0 Å². The Labute approximate surface area is 127 Å². The van der Waals surface area contributed by atoms with Crippen LogP contribution in [0.1, 0.15) is 16.7 Å². The minimum absolute atomic E-state index is 0.197. The number of imidazole rings is 1. The summed E-state index contributed by atoms with van der Waals surface area (Å²) in [5.74, 6) is -0.197. The number of aryl methyl sites for hydroxylation is 4. The number of nitrogens with zero attached hydrogens (tertiary/aromatic N) is 2. The van der Waals surface area contributed by atoms with E-state index < -0.39 is 0 Å². The van der Waals surface area contributed by atoms with Gasteiger partial charge in [-0.3, -0.25) is 0 Å². The third kappa shape index (κ3) is 2.74. The van der Waals surface area contributed by atoms with E-state index in [4.69, 9.17) is 12.2 Å². The molecule has 0 saturated heterocycles. The molecule has 0 spiro atoms. The molecule has 0 amide bonds. The second-order valence-corrected chi connectivity index (χ2v) is 5.67. The molecule has 2 heterocycles. The fraction of sp³-hybridized carbons (Fsp3) is 0.250. The highest BCUT2D eigenvalue weighted by atomic mass is 32.1. The highest BCUT2D eigenvalue weighted by Gasteiger charge is 2.07. The first kappa shape index (κ1) is 13.9. The average Bonchev–Trinajstić information content (AvgIpc) is 2.72. The number of rotatable bonds is 3. The lowest BCUT2D eigenvalue weighted by Gasteiger charge is -2.07. The monoisotopic (exact) mass is 301 g/mol. The molecule has 0 fully saturated rings. The van der Waals surface area contributed by atoms with E-state index in [9.17, 15) is 4.39 Å². The number of fused-ring (bicyclic) bond motifs is 1. The van der Waals surface area contributed by atoms with E-state index in [1.165, 1.54) is 6.07 Å². The van der Waals surface area contributed by atoms with Crippen molar-refractivity contribution < 1.29 is 4.39 Å². The van der Waals surface area contributed by atoms with Crippen LogP contribution in [0.5, 0.6) is 0 Å². The van der Waals surface area contributed by atoms with Gasteiger partial charge in [0.2, 0.25) is 0 Å². The maximum absolute atomic E-state index is 13.1. The summed E-state index contributed by atoms with van der Waals surface area (Å²) >= 11 is 5.37. The molecule has 3 aromatic rings. The zero-order chi connectivity index (χ0) is 15.0. The molecule has 0 atom stereocenters. The number of aromatic nitrogens is 3.